The zero-order chi connectivity index (χ0) is 19.4. The third-order valence-corrected chi connectivity index (χ3v) is 4.61. The van der Waals surface area contributed by atoms with Crippen LogP contribution in [0.3, 0.4) is 0 Å². The van der Waals surface area contributed by atoms with E-state index in [4.69, 9.17) is 14.5 Å². The molecule has 0 bridgehead atoms. The van der Waals surface area contributed by atoms with Gasteiger partial charge in [-0.2, -0.15) is 0 Å². The van der Waals surface area contributed by atoms with E-state index >= 15 is 0 Å². The lowest BCUT2D eigenvalue weighted by atomic mass is 10.00. The number of benzene rings is 2. The maximum atomic E-state index is 11.9. The molecule has 0 amide bonds. The lowest BCUT2D eigenvalue weighted by Crippen LogP contribution is -2.02. The fraction of sp³-hybridized carbons (Fsp3) is 0.273. The van der Waals surface area contributed by atoms with Gasteiger partial charge in [-0.05, 0) is 54.8 Å². The summed E-state index contributed by atoms with van der Waals surface area (Å²) in [5, 5.41) is 10.4. The van der Waals surface area contributed by atoms with Gasteiger partial charge in [0.25, 0.3) is 0 Å². The average molecular weight is 365 g/mol. The maximum Gasteiger partial charge on any atom is 0.336 e. The number of methoxy groups -OCH3 is 2. The second-order valence-electron chi connectivity index (χ2n) is 6.38. The van der Waals surface area contributed by atoms with Crippen molar-refractivity contribution in [1.29, 1.82) is 0 Å². The highest BCUT2D eigenvalue weighted by Crippen LogP contribution is 2.34. The van der Waals surface area contributed by atoms with E-state index in [9.17, 15) is 9.90 Å². The number of aromatic carboxylic acids is 1. The normalized spacial score (nSPS) is 10.8. The number of ether oxygens (including phenoxy) is 2. The summed E-state index contributed by atoms with van der Waals surface area (Å²) in [7, 11) is 3.16. The zero-order valence-corrected chi connectivity index (χ0v) is 15.8. The molecular formula is C22H23NO4. The molecule has 0 atom stereocenters. The summed E-state index contributed by atoms with van der Waals surface area (Å²) >= 11 is 0. The summed E-state index contributed by atoms with van der Waals surface area (Å²) in [6.07, 6.45) is 3.09. The molecule has 0 fully saturated rings. The quantitative estimate of drug-likeness (QED) is 0.641. The van der Waals surface area contributed by atoms with Crippen molar-refractivity contribution in [2.45, 2.75) is 26.2 Å². The van der Waals surface area contributed by atoms with Gasteiger partial charge in [0.05, 0.1) is 31.0 Å². The largest absolute Gasteiger partial charge is 0.497 e. The third kappa shape index (κ3) is 3.87. The number of aromatic nitrogens is 1. The second kappa shape index (κ2) is 8.08. The Hall–Kier alpha value is -3.08. The minimum absolute atomic E-state index is 0.234. The van der Waals surface area contributed by atoms with E-state index in [2.05, 4.69) is 6.92 Å². The standard InChI is InChI=1S/C22H23NO4/c1-4-5-6-14-7-9-19-16(11-14)17(22(24)25)13-20(23-19)18-12-15(26-2)8-10-21(18)27-3/h7-13H,4-6H2,1-3H3,(H,24,25). The molecule has 3 aromatic rings. The molecule has 3 rings (SSSR count). The molecule has 0 aliphatic carbocycles. The first kappa shape index (κ1) is 18.7. The van der Waals surface area contributed by atoms with Crippen LogP contribution in [0.2, 0.25) is 0 Å². The van der Waals surface area contributed by atoms with Gasteiger partial charge in [0.2, 0.25) is 0 Å². The molecule has 1 heterocycles. The van der Waals surface area contributed by atoms with Crippen LogP contribution >= 0.6 is 0 Å². The summed E-state index contributed by atoms with van der Waals surface area (Å²) in [6, 6.07) is 12.8. The number of nitrogens with zero attached hydrogens (tertiary/aromatic N) is 1. The van der Waals surface area contributed by atoms with E-state index in [1.165, 1.54) is 0 Å². The first-order valence-electron chi connectivity index (χ1n) is 8.96. The third-order valence-electron chi connectivity index (χ3n) is 4.61. The fourth-order valence-corrected chi connectivity index (χ4v) is 3.14. The molecule has 0 aliphatic rings. The number of rotatable bonds is 7. The summed E-state index contributed by atoms with van der Waals surface area (Å²) in [6.45, 7) is 2.14. The molecule has 1 aromatic heterocycles. The molecule has 0 unspecified atom stereocenters. The van der Waals surface area contributed by atoms with E-state index in [-0.39, 0.29) is 5.56 Å². The number of hydrogen-bond acceptors (Lipinski definition) is 4. The number of carboxylic acid groups (broad SMARTS) is 1. The minimum atomic E-state index is -0.974. The first-order chi connectivity index (χ1) is 13.1. The Morgan fingerprint density at radius 1 is 1.07 bits per heavy atom. The number of unbranched alkanes of at least 4 members (excludes halogenated alkanes) is 1. The number of hydrogen-bond donors (Lipinski definition) is 1. The lowest BCUT2D eigenvalue weighted by Gasteiger charge is -2.13. The Labute approximate surface area is 158 Å². The predicted molar refractivity (Wildman–Crippen MR) is 106 cm³/mol. The molecule has 0 spiro atoms. The van der Waals surface area contributed by atoms with Crippen molar-refractivity contribution in [1.82, 2.24) is 4.98 Å². The van der Waals surface area contributed by atoms with Gasteiger partial charge in [-0.1, -0.05) is 19.4 Å². The molecule has 5 heteroatoms. The van der Waals surface area contributed by atoms with Gasteiger partial charge in [0.1, 0.15) is 11.5 Å². The number of carbonyl (C=O) groups is 1. The van der Waals surface area contributed by atoms with Gasteiger partial charge < -0.3 is 14.6 Å². The topological polar surface area (TPSA) is 68.7 Å². The highest BCUT2D eigenvalue weighted by Gasteiger charge is 2.16. The first-order valence-corrected chi connectivity index (χ1v) is 8.96. The second-order valence-corrected chi connectivity index (χ2v) is 6.38. The summed E-state index contributed by atoms with van der Waals surface area (Å²) in [4.78, 5) is 16.6. The van der Waals surface area contributed by atoms with Gasteiger partial charge >= 0.3 is 5.97 Å². The number of fused-ring (bicyclic) bond motifs is 1. The monoisotopic (exact) mass is 365 g/mol. The van der Waals surface area contributed by atoms with Crippen LogP contribution in [0.4, 0.5) is 0 Å². The van der Waals surface area contributed by atoms with Crippen LogP contribution in [0.25, 0.3) is 22.2 Å². The highest BCUT2D eigenvalue weighted by molar-refractivity contribution is 6.04. The van der Waals surface area contributed by atoms with Crippen LogP contribution < -0.4 is 9.47 Å². The number of carboxylic acids is 1. The summed E-state index contributed by atoms with van der Waals surface area (Å²) in [5.74, 6) is 0.288. The Bertz CT molecular complexity index is 981. The SMILES string of the molecule is CCCCc1ccc2nc(-c3cc(OC)ccc3OC)cc(C(=O)O)c2c1. The predicted octanol–water partition coefficient (Wildman–Crippen LogP) is 4.96. The van der Waals surface area contributed by atoms with Gasteiger partial charge in [-0.25, -0.2) is 9.78 Å². The minimum Gasteiger partial charge on any atom is -0.497 e. The molecular weight excluding hydrogens is 342 g/mol. The van der Waals surface area contributed by atoms with Crippen molar-refractivity contribution in [2.75, 3.05) is 14.2 Å². The molecule has 2 aromatic carbocycles. The van der Waals surface area contributed by atoms with Crippen LogP contribution in [0.1, 0.15) is 35.7 Å². The number of aryl methyl sites for hydroxylation is 1. The van der Waals surface area contributed by atoms with Crippen LogP contribution in [-0.2, 0) is 6.42 Å². The van der Waals surface area contributed by atoms with E-state index in [1.54, 1.807) is 38.5 Å². The van der Waals surface area contributed by atoms with Gasteiger partial charge in [-0.15, -0.1) is 0 Å². The van der Waals surface area contributed by atoms with E-state index < -0.39 is 5.97 Å². The summed E-state index contributed by atoms with van der Waals surface area (Å²) in [5.41, 5.74) is 3.24. The smallest absolute Gasteiger partial charge is 0.336 e. The van der Waals surface area contributed by atoms with Crippen LogP contribution in [-0.4, -0.2) is 30.3 Å². The van der Waals surface area contributed by atoms with E-state index in [0.717, 1.165) is 24.8 Å². The molecule has 27 heavy (non-hydrogen) atoms. The number of pyridine rings is 1. The van der Waals surface area contributed by atoms with Crippen molar-refractivity contribution >= 4 is 16.9 Å². The molecule has 0 saturated heterocycles. The lowest BCUT2D eigenvalue weighted by molar-refractivity contribution is 0.0699. The van der Waals surface area contributed by atoms with Gasteiger partial charge in [-0.3, -0.25) is 0 Å². The molecule has 1 N–H and O–H groups in total. The van der Waals surface area contributed by atoms with Gasteiger partial charge in [0.15, 0.2) is 0 Å². The highest BCUT2D eigenvalue weighted by atomic mass is 16.5. The van der Waals surface area contributed by atoms with Gasteiger partial charge in [0, 0.05) is 10.9 Å². The fourth-order valence-electron chi connectivity index (χ4n) is 3.14. The van der Waals surface area contributed by atoms with Crippen molar-refractivity contribution in [3.63, 3.8) is 0 Å². The Morgan fingerprint density at radius 3 is 2.56 bits per heavy atom. The average Bonchev–Trinajstić information content (AvgIpc) is 2.70. The van der Waals surface area contributed by atoms with Crippen molar-refractivity contribution in [2.24, 2.45) is 0 Å². The molecule has 0 aliphatic heterocycles. The van der Waals surface area contributed by atoms with E-state index in [1.807, 2.05) is 18.2 Å². The molecule has 5 nitrogen and oxygen atoms in total. The zero-order valence-electron chi connectivity index (χ0n) is 15.8. The molecule has 0 saturated carbocycles. The Balaban J connectivity index is 2.20. The Kier molecular flexibility index (Phi) is 5.60. The Morgan fingerprint density at radius 2 is 1.89 bits per heavy atom. The van der Waals surface area contributed by atoms with Crippen LogP contribution in [0.5, 0.6) is 11.5 Å². The molecule has 140 valence electrons. The van der Waals surface area contributed by atoms with Crippen molar-refractivity contribution in [3.05, 3.63) is 53.6 Å². The van der Waals surface area contributed by atoms with Crippen LogP contribution in [0, 0.1) is 0 Å². The maximum absolute atomic E-state index is 11.9. The van der Waals surface area contributed by atoms with E-state index in [0.29, 0.717) is 33.7 Å². The molecule has 0 radical (unpaired) electrons. The van der Waals surface area contributed by atoms with Crippen molar-refractivity contribution < 1.29 is 19.4 Å². The summed E-state index contributed by atoms with van der Waals surface area (Å²) < 4.78 is 10.7. The van der Waals surface area contributed by atoms with Crippen molar-refractivity contribution in [3.8, 4) is 22.8 Å². The van der Waals surface area contributed by atoms with Crippen LogP contribution in [0.15, 0.2) is 42.5 Å².